The molecule has 0 aromatic heterocycles. The molecular formula is C31H31N3O5. The van der Waals surface area contributed by atoms with E-state index in [0.717, 1.165) is 5.56 Å². The number of ether oxygens (including phenoxy) is 1. The topological polar surface area (TPSA) is 108 Å². The minimum absolute atomic E-state index is 0.287. The second-order valence-corrected chi connectivity index (χ2v) is 10.5. The van der Waals surface area contributed by atoms with Gasteiger partial charge in [-0.3, -0.25) is 14.4 Å². The molecule has 39 heavy (non-hydrogen) atoms. The quantitative estimate of drug-likeness (QED) is 0.419. The van der Waals surface area contributed by atoms with E-state index < -0.39 is 35.6 Å². The number of anilines is 1. The second kappa shape index (κ2) is 10.3. The predicted molar refractivity (Wildman–Crippen MR) is 144 cm³/mol. The molecule has 8 heteroatoms. The summed E-state index contributed by atoms with van der Waals surface area (Å²) in [6, 6.07) is 26.1. The molecule has 3 aliphatic rings. The number of nitrogens with zero attached hydrogens (tertiary/aromatic N) is 1. The van der Waals surface area contributed by atoms with Crippen LogP contribution in [0.2, 0.25) is 0 Å². The van der Waals surface area contributed by atoms with Crippen molar-refractivity contribution >= 4 is 23.4 Å². The highest BCUT2D eigenvalue weighted by Crippen LogP contribution is 2.59. The lowest BCUT2D eigenvalue weighted by Crippen LogP contribution is -2.56. The van der Waals surface area contributed by atoms with Crippen LogP contribution in [-0.2, 0) is 25.7 Å². The summed E-state index contributed by atoms with van der Waals surface area (Å²) in [5.41, 5.74) is 1.12. The number of carbonyl (C=O) groups is 3. The van der Waals surface area contributed by atoms with Gasteiger partial charge in [-0.25, -0.2) is 0 Å². The third kappa shape index (κ3) is 4.30. The highest BCUT2D eigenvalue weighted by molar-refractivity contribution is 6.02. The van der Waals surface area contributed by atoms with Gasteiger partial charge in [-0.05, 0) is 36.1 Å². The fourth-order valence-corrected chi connectivity index (χ4v) is 6.68. The van der Waals surface area contributed by atoms with E-state index in [1.165, 1.54) is 4.90 Å². The first-order valence-corrected chi connectivity index (χ1v) is 13.4. The average Bonchev–Trinajstić information content (AvgIpc) is 3.62. The van der Waals surface area contributed by atoms with Gasteiger partial charge in [-0.15, -0.1) is 0 Å². The molecule has 1 spiro atoms. The molecule has 3 aromatic carbocycles. The van der Waals surface area contributed by atoms with E-state index in [9.17, 15) is 19.5 Å². The van der Waals surface area contributed by atoms with E-state index in [-0.39, 0.29) is 30.9 Å². The number of amides is 3. The molecule has 3 N–H and O–H groups in total. The third-order valence-corrected chi connectivity index (χ3v) is 8.33. The molecule has 200 valence electrons. The zero-order valence-corrected chi connectivity index (χ0v) is 21.4. The molecule has 3 amide bonds. The molecule has 8 nitrogen and oxygen atoms in total. The van der Waals surface area contributed by atoms with E-state index in [4.69, 9.17) is 4.74 Å². The average molecular weight is 526 g/mol. The van der Waals surface area contributed by atoms with Crippen LogP contribution in [0.4, 0.5) is 5.69 Å². The van der Waals surface area contributed by atoms with E-state index in [1.54, 1.807) is 12.1 Å². The van der Waals surface area contributed by atoms with Crippen LogP contribution in [0, 0.1) is 11.8 Å². The molecule has 3 fully saturated rings. The zero-order valence-electron chi connectivity index (χ0n) is 21.4. The van der Waals surface area contributed by atoms with Crippen molar-refractivity contribution in [3.63, 3.8) is 0 Å². The number of carbonyl (C=O) groups excluding carboxylic acids is 3. The van der Waals surface area contributed by atoms with Crippen LogP contribution in [0.3, 0.4) is 0 Å². The summed E-state index contributed by atoms with van der Waals surface area (Å²) in [6.07, 6.45) is 0.594. The number of hydrogen-bond acceptors (Lipinski definition) is 5. The van der Waals surface area contributed by atoms with Gasteiger partial charge in [0, 0.05) is 12.2 Å². The molecule has 3 aromatic rings. The largest absolute Gasteiger partial charge is 0.394 e. The first-order chi connectivity index (χ1) is 19.0. The molecule has 6 atom stereocenters. The van der Waals surface area contributed by atoms with Crippen molar-refractivity contribution in [2.24, 2.45) is 11.8 Å². The van der Waals surface area contributed by atoms with Crippen molar-refractivity contribution in [2.45, 2.75) is 43.2 Å². The first kappa shape index (κ1) is 25.3. The molecule has 3 saturated heterocycles. The smallest absolute Gasteiger partial charge is 0.246 e. The number of para-hydroxylation sites is 1. The predicted octanol–water partition coefficient (Wildman–Crippen LogP) is 3.05. The van der Waals surface area contributed by atoms with Crippen molar-refractivity contribution in [2.75, 3.05) is 11.9 Å². The van der Waals surface area contributed by atoms with Crippen molar-refractivity contribution < 1.29 is 24.2 Å². The number of nitrogens with one attached hydrogen (secondary N) is 2. The fourth-order valence-electron chi connectivity index (χ4n) is 6.68. The summed E-state index contributed by atoms with van der Waals surface area (Å²) >= 11 is 0. The van der Waals surface area contributed by atoms with Gasteiger partial charge >= 0.3 is 0 Å². The van der Waals surface area contributed by atoms with Gasteiger partial charge in [0.25, 0.3) is 0 Å². The van der Waals surface area contributed by atoms with E-state index in [1.807, 2.05) is 78.9 Å². The molecule has 6 rings (SSSR count). The molecule has 0 aliphatic carbocycles. The normalized spacial score (nSPS) is 27.7. The van der Waals surface area contributed by atoms with E-state index >= 15 is 0 Å². The van der Waals surface area contributed by atoms with Gasteiger partial charge in [0.2, 0.25) is 17.7 Å². The van der Waals surface area contributed by atoms with Crippen LogP contribution in [0.5, 0.6) is 0 Å². The van der Waals surface area contributed by atoms with E-state index in [0.29, 0.717) is 24.1 Å². The number of hydrogen-bond donors (Lipinski definition) is 3. The van der Waals surface area contributed by atoms with Crippen molar-refractivity contribution in [1.29, 1.82) is 0 Å². The lowest BCUT2D eigenvalue weighted by atomic mass is 9.70. The molecule has 2 bridgehead atoms. The lowest BCUT2D eigenvalue weighted by molar-refractivity contribution is -0.145. The number of rotatable bonds is 8. The second-order valence-electron chi connectivity index (χ2n) is 10.5. The minimum atomic E-state index is -1.15. The third-order valence-electron chi connectivity index (χ3n) is 8.33. The van der Waals surface area contributed by atoms with Gasteiger partial charge in [0.1, 0.15) is 11.6 Å². The Hall–Kier alpha value is -4.01. The van der Waals surface area contributed by atoms with Crippen LogP contribution in [-0.4, -0.2) is 52.1 Å². The van der Waals surface area contributed by atoms with Gasteiger partial charge in [-0.2, -0.15) is 0 Å². The van der Waals surface area contributed by atoms with Crippen LogP contribution in [0.15, 0.2) is 91.0 Å². The summed E-state index contributed by atoms with van der Waals surface area (Å²) in [6.45, 7) is -0.0826. The van der Waals surface area contributed by atoms with Crippen molar-refractivity contribution in [3.8, 4) is 0 Å². The lowest BCUT2D eigenvalue weighted by Gasteiger charge is -2.36. The van der Waals surface area contributed by atoms with Gasteiger partial charge < -0.3 is 25.4 Å². The molecule has 3 aliphatic heterocycles. The Morgan fingerprint density at radius 1 is 0.949 bits per heavy atom. The zero-order chi connectivity index (χ0) is 27.0. The first-order valence-electron chi connectivity index (χ1n) is 13.4. The Bertz CT molecular complexity index is 1350. The number of aliphatic hydroxyl groups is 1. The van der Waals surface area contributed by atoms with Gasteiger partial charge in [-0.1, -0.05) is 78.9 Å². The van der Waals surface area contributed by atoms with Crippen molar-refractivity contribution in [1.82, 2.24) is 10.2 Å². The summed E-state index contributed by atoms with van der Waals surface area (Å²) < 4.78 is 6.51. The Morgan fingerprint density at radius 3 is 2.26 bits per heavy atom. The molecule has 2 unspecified atom stereocenters. The Balaban J connectivity index is 1.36. The summed E-state index contributed by atoms with van der Waals surface area (Å²) in [5.74, 6) is -2.56. The molecule has 0 saturated carbocycles. The van der Waals surface area contributed by atoms with Crippen LogP contribution in [0.1, 0.15) is 30.0 Å². The van der Waals surface area contributed by atoms with Crippen LogP contribution in [0.25, 0.3) is 0 Å². The maximum atomic E-state index is 14.3. The standard InChI is InChI=1S/C31H31N3O5/c35-19-23(21-12-6-2-7-13-21)34-27(29(37)32-18-20-10-4-1-5-11-20)31-17-16-24(39-31)25(26(31)30(34)38)28(36)33-22-14-8-3-9-15-22/h1-15,23-27,35H,16-19H2,(H,32,37)(H,33,36)/t23-,24-,25+,26+,27?,31?/m1/s1. The fraction of sp³-hybridized carbons (Fsp3) is 0.323. The van der Waals surface area contributed by atoms with E-state index in [2.05, 4.69) is 10.6 Å². The molecule has 3 heterocycles. The number of fused-ring (bicyclic) bond motifs is 1. The van der Waals surface area contributed by atoms with Gasteiger partial charge in [0.15, 0.2) is 0 Å². The summed E-state index contributed by atoms with van der Waals surface area (Å²) in [5, 5.41) is 16.5. The van der Waals surface area contributed by atoms with Crippen molar-refractivity contribution in [3.05, 3.63) is 102 Å². The summed E-state index contributed by atoms with van der Waals surface area (Å²) in [4.78, 5) is 43.3. The summed E-state index contributed by atoms with van der Waals surface area (Å²) in [7, 11) is 0. The molecule has 0 radical (unpaired) electrons. The highest BCUT2D eigenvalue weighted by atomic mass is 16.5. The Kier molecular flexibility index (Phi) is 6.66. The maximum absolute atomic E-state index is 14.3. The Morgan fingerprint density at radius 2 is 1.59 bits per heavy atom. The number of likely N-dealkylation sites (tertiary alicyclic amines) is 1. The monoisotopic (exact) mass is 525 g/mol. The minimum Gasteiger partial charge on any atom is -0.394 e. The van der Waals surface area contributed by atoms with Crippen LogP contribution >= 0.6 is 0 Å². The van der Waals surface area contributed by atoms with Gasteiger partial charge in [0.05, 0.1) is 30.6 Å². The Labute approximate surface area is 227 Å². The highest BCUT2D eigenvalue weighted by Gasteiger charge is 2.75. The number of benzene rings is 3. The number of aliphatic hydroxyl groups excluding tert-OH is 1. The molecular weight excluding hydrogens is 494 g/mol. The van der Waals surface area contributed by atoms with Crippen LogP contribution < -0.4 is 10.6 Å². The SMILES string of the molecule is O=C(NCc1ccccc1)C1N([C@H](CO)c2ccccc2)C(=O)[C@@H]2[C@@H](C(=O)Nc3ccccc3)[C@H]3CCC12O3. The maximum Gasteiger partial charge on any atom is 0.246 e.